The summed E-state index contributed by atoms with van der Waals surface area (Å²) in [5.41, 5.74) is 0.862. The SMILES string of the molecule is O=C(Nc1c(C(=O)N2CCOCC2)oc2ccccc12)c1cccc(S(=O)(=O)N2CCOCC2)c1. The molecule has 2 fully saturated rings. The first-order valence-electron chi connectivity index (χ1n) is 11.3. The third-order valence-electron chi connectivity index (χ3n) is 6.03. The number of furan rings is 1. The molecule has 0 aliphatic carbocycles. The van der Waals surface area contributed by atoms with Crippen molar-refractivity contribution in [3.05, 3.63) is 59.9 Å². The molecule has 0 spiro atoms. The zero-order valence-corrected chi connectivity index (χ0v) is 19.8. The highest BCUT2D eigenvalue weighted by Gasteiger charge is 2.29. The summed E-state index contributed by atoms with van der Waals surface area (Å²) in [4.78, 5) is 28.1. The van der Waals surface area contributed by atoms with Gasteiger partial charge in [0.05, 0.1) is 31.3 Å². The smallest absolute Gasteiger partial charge is 0.291 e. The molecule has 2 amide bonds. The Morgan fingerprint density at radius 2 is 1.54 bits per heavy atom. The predicted octanol–water partition coefficient (Wildman–Crippen LogP) is 2.18. The number of carbonyl (C=O) groups is 2. The zero-order valence-electron chi connectivity index (χ0n) is 18.9. The zero-order chi connectivity index (χ0) is 24.4. The highest BCUT2D eigenvalue weighted by molar-refractivity contribution is 7.89. The first kappa shape index (κ1) is 23.5. The van der Waals surface area contributed by atoms with Gasteiger partial charge in [0, 0.05) is 37.1 Å². The maximum absolute atomic E-state index is 13.2. The Bertz CT molecular complexity index is 1360. The van der Waals surface area contributed by atoms with Gasteiger partial charge in [-0.05, 0) is 30.3 Å². The molecule has 35 heavy (non-hydrogen) atoms. The summed E-state index contributed by atoms with van der Waals surface area (Å²) in [6.45, 7) is 2.87. The van der Waals surface area contributed by atoms with E-state index in [-0.39, 0.29) is 40.9 Å². The van der Waals surface area contributed by atoms with E-state index in [1.807, 2.05) is 0 Å². The van der Waals surface area contributed by atoms with Crippen molar-refractivity contribution in [1.29, 1.82) is 0 Å². The highest BCUT2D eigenvalue weighted by atomic mass is 32.2. The predicted molar refractivity (Wildman–Crippen MR) is 127 cm³/mol. The topological polar surface area (TPSA) is 118 Å². The summed E-state index contributed by atoms with van der Waals surface area (Å²) >= 11 is 0. The Balaban J connectivity index is 1.45. The van der Waals surface area contributed by atoms with Crippen LogP contribution in [0.1, 0.15) is 20.9 Å². The van der Waals surface area contributed by atoms with Crippen molar-refractivity contribution in [2.24, 2.45) is 0 Å². The van der Waals surface area contributed by atoms with Crippen molar-refractivity contribution < 1.29 is 31.9 Å². The number of benzene rings is 2. The Morgan fingerprint density at radius 1 is 0.857 bits per heavy atom. The van der Waals surface area contributed by atoms with Crippen molar-refractivity contribution in [2.75, 3.05) is 57.9 Å². The fourth-order valence-corrected chi connectivity index (χ4v) is 5.60. The molecule has 5 rings (SSSR count). The number of nitrogens with zero attached hydrogens (tertiary/aromatic N) is 2. The molecule has 0 unspecified atom stereocenters. The highest BCUT2D eigenvalue weighted by Crippen LogP contribution is 2.32. The molecule has 2 aliphatic rings. The van der Waals surface area contributed by atoms with Crippen molar-refractivity contribution in [3.8, 4) is 0 Å². The third-order valence-corrected chi connectivity index (χ3v) is 7.93. The van der Waals surface area contributed by atoms with Gasteiger partial charge in [0.2, 0.25) is 15.8 Å². The number of nitrogens with one attached hydrogen (secondary N) is 1. The van der Waals surface area contributed by atoms with E-state index < -0.39 is 15.9 Å². The molecule has 2 aliphatic heterocycles. The number of sulfonamides is 1. The van der Waals surface area contributed by atoms with Crippen molar-refractivity contribution >= 4 is 38.5 Å². The van der Waals surface area contributed by atoms with Crippen LogP contribution in [-0.2, 0) is 19.5 Å². The average Bonchev–Trinajstić information content (AvgIpc) is 3.27. The van der Waals surface area contributed by atoms with Crippen LogP contribution in [0.4, 0.5) is 5.69 Å². The largest absolute Gasteiger partial charge is 0.449 e. The molecule has 11 heteroatoms. The van der Waals surface area contributed by atoms with Gasteiger partial charge in [-0.3, -0.25) is 9.59 Å². The van der Waals surface area contributed by atoms with Gasteiger partial charge in [-0.1, -0.05) is 18.2 Å². The average molecular weight is 500 g/mol. The first-order chi connectivity index (χ1) is 16.9. The fourth-order valence-electron chi connectivity index (χ4n) is 4.15. The van der Waals surface area contributed by atoms with Crippen molar-refractivity contribution in [2.45, 2.75) is 4.90 Å². The van der Waals surface area contributed by atoms with E-state index >= 15 is 0 Å². The second kappa shape index (κ2) is 9.78. The summed E-state index contributed by atoms with van der Waals surface area (Å²) in [6, 6.07) is 12.9. The lowest BCUT2D eigenvalue weighted by Gasteiger charge is -2.26. The maximum Gasteiger partial charge on any atom is 0.291 e. The van der Waals surface area contributed by atoms with Crippen LogP contribution in [-0.4, -0.2) is 82.0 Å². The Morgan fingerprint density at radius 3 is 2.29 bits per heavy atom. The second-order valence-electron chi connectivity index (χ2n) is 8.21. The number of hydrogen-bond donors (Lipinski definition) is 1. The molecule has 3 aromatic rings. The van der Waals surface area contributed by atoms with Crippen LogP contribution < -0.4 is 5.32 Å². The van der Waals surface area contributed by atoms with E-state index in [4.69, 9.17) is 13.9 Å². The molecule has 3 heterocycles. The molecule has 184 valence electrons. The summed E-state index contributed by atoms with van der Waals surface area (Å²) in [5, 5.41) is 3.37. The number of ether oxygens (including phenoxy) is 2. The van der Waals surface area contributed by atoms with E-state index in [0.29, 0.717) is 50.5 Å². The maximum atomic E-state index is 13.2. The number of para-hydroxylation sites is 1. The summed E-state index contributed by atoms with van der Waals surface area (Å²) in [6.07, 6.45) is 0. The molecule has 10 nitrogen and oxygen atoms in total. The van der Waals surface area contributed by atoms with Crippen LogP contribution >= 0.6 is 0 Å². The Labute approximate surface area is 202 Å². The normalized spacial score (nSPS) is 17.4. The van der Waals surface area contributed by atoms with Gasteiger partial charge in [0.1, 0.15) is 11.3 Å². The van der Waals surface area contributed by atoms with E-state index in [9.17, 15) is 18.0 Å². The van der Waals surface area contributed by atoms with E-state index in [2.05, 4.69) is 5.32 Å². The van der Waals surface area contributed by atoms with Crippen LogP contribution in [0.3, 0.4) is 0 Å². The van der Waals surface area contributed by atoms with E-state index in [1.54, 1.807) is 29.2 Å². The molecular weight excluding hydrogens is 474 g/mol. The van der Waals surface area contributed by atoms with Gasteiger partial charge in [-0.15, -0.1) is 0 Å². The number of morpholine rings is 2. The molecule has 0 atom stereocenters. The quantitative estimate of drug-likeness (QED) is 0.572. The van der Waals surface area contributed by atoms with Gasteiger partial charge in [-0.2, -0.15) is 4.31 Å². The van der Waals surface area contributed by atoms with Crippen LogP contribution in [0.25, 0.3) is 11.0 Å². The van der Waals surface area contributed by atoms with Crippen LogP contribution in [0.5, 0.6) is 0 Å². The lowest BCUT2D eigenvalue weighted by Crippen LogP contribution is -2.40. The van der Waals surface area contributed by atoms with Crippen molar-refractivity contribution in [1.82, 2.24) is 9.21 Å². The summed E-state index contributed by atoms with van der Waals surface area (Å²) < 4.78 is 43.8. The van der Waals surface area contributed by atoms with Gasteiger partial charge in [0.25, 0.3) is 11.8 Å². The minimum Gasteiger partial charge on any atom is -0.449 e. The molecule has 0 bridgehead atoms. The number of carbonyl (C=O) groups excluding carboxylic acids is 2. The summed E-state index contributed by atoms with van der Waals surface area (Å²) in [5.74, 6) is -0.867. The molecule has 0 radical (unpaired) electrons. The monoisotopic (exact) mass is 499 g/mol. The lowest BCUT2D eigenvalue weighted by molar-refractivity contribution is 0.0285. The number of hydrogen-bond acceptors (Lipinski definition) is 7. The van der Waals surface area contributed by atoms with Gasteiger partial charge >= 0.3 is 0 Å². The Hall–Kier alpha value is -3.25. The minimum absolute atomic E-state index is 0.0220. The molecule has 0 saturated carbocycles. The first-order valence-corrected chi connectivity index (χ1v) is 12.8. The third kappa shape index (κ3) is 4.67. The molecule has 2 saturated heterocycles. The summed E-state index contributed by atoms with van der Waals surface area (Å²) in [7, 11) is -3.77. The fraction of sp³-hybridized carbons (Fsp3) is 0.333. The Kier molecular flexibility index (Phi) is 6.56. The number of amides is 2. The molecule has 1 aromatic heterocycles. The minimum atomic E-state index is -3.77. The van der Waals surface area contributed by atoms with Gasteiger partial charge < -0.3 is 24.1 Å². The molecule has 1 N–H and O–H groups in total. The van der Waals surface area contributed by atoms with E-state index in [0.717, 1.165) is 0 Å². The van der Waals surface area contributed by atoms with Gasteiger partial charge in [0.15, 0.2) is 0 Å². The number of fused-ring (bicyclic) bond motifs is 1. The van der Waals surface area contributed by atoms with Crippen LogP contribution in [0, 0.1) is 0 Å². The standard InChI is InChI=1S/C24H25N3O7S/c28-23(17-4-3-5-18(16-17)35(30,31)27-10-14-33-15-11-27)25-21-19-6-1-2-7-20(19)34-22(21)24(29)26-8-12-32-13-9-26/h1-7,16H,8-15H2,(H,25,28). The van der Waals surface area contributed by atoms with Crippen LogP contribution in [0.15, 0.2) is 57.8 Å². The second-order valence-corrected chi connectivity index (χ2v) is 10.1. The van der Waals surface area contributed by atoms with Crippen LogP contribution in [0.2, 0.25) is 0 Å². The number of rotatable bonds is 5. The lowest BCUT2D eigenvalue weighted by atomic mass is 10.1. The molecular formula is C24H25N3O7S. The molecule has 2 aromatic carbocycles. The van der Waals surface area contributed by atoms with E-state index in [1.165, 1.54) is 28.6 Å². The van der Waals surface area contributed by atoms with Crippen molar-refractivity contribution in [3.63, 3.8) is 0 Å². The number of anilines is 1. The van der Waals surface area contributed by atoms with Gasteiger partial charge in [-0.25, -0.2) is 8.42 Å².